The van der Waals surface area contributed by atoms with Gasteiger partial charge in [0.1, 0.15) is 0 Å². The predicted octanol–water partition coefficient (Wildman–Crippen LogP) is 2.51. The summed E-state index contributed by atoms with van der Waals surface area (Å²) in [5, 5.41) is -0.243. The number of rotatable bonds is 5. The van der Waals surface area contributed by atoms with Gasteiger partial charge >= 0.3 is 0 Å². The minimum atomic E-state index is -0.243. The highest BCUT2D eigenvalue weighted by Crippen LogP contribution is 2.09. The molecule has 0 saturated carbocycles. The summed E-state index contributed by atoms with van der Waals surface area (Å²) in [4.78, 5) is 11.6. The van der Waals surface area contributed by atoms with E-state index in [0.717, 1.165) is 0 Å². The van der Waals surface area contributed by atoms with E-state index in [4.69, 9.17) is 16.3 Å². The predicted molar refractivity (Wildman–Crippen MR) is 56.9 cm³/mol. The van der Waals surface area contributed by atoms with Crippen molar-refractivity contribution in [2.45, 2.75) is 11.8 Å². The van der Waals surface area contributed by atoms with Crippen LogP contribution < -0.4 is 0 Å². The van der Waals surface area contributed by atoms with Crippen LogP contribution in [-0.2, 0) is 4.74 Å². The van der Waals surface area contributed by atoms with E-state index >= 15 is 0 Å². The van der Waals surface area contributed by atoms with Crippen LogP contribution in [0.5, 0.6) is 0 Å². The average Bonchev–Trinajstić information content (AvgIpc) is 2.19. The molecular weight excluding hydrogens is 200 g/mol. The van der Waals surface area contributed by atoms with E-state index in [9.17, 15) is 4.79 Å². The van der Waals surface area contributed by atoms with E-state index in [-0.39, 0.29) is 11.2 Å². The molecule has 3 heteroatoms. The van der Waals surface area contributed by atoms with Gasteiger partial charge in [-0.15, -0.1) is 11.6 Å². The maximum Gasteiger partial charge on any atom is 0.164 e. The molecule has 0 spiro atoms. The summed E-state index contributed by atoms with van der Waals surface area (Å²) >= 11 is 5.88. The lowest BCUT2D eigenvalue weighted by molar-refractivity contribution is 0.0966. The van der Waals surface area contributed by atoms with Crippen LogP contribution in [0.15, 0.2) is 30.3 Å². The number of ketones is 1. The summed E-state index contributed by atoms with van der Waals surface area (Å²) in [7, 11) is 1.57. The quantitative estimate of drug-likeness (QED) is 0.554. The monoisotopic (exact) mass is 212 g/mol. The Morgan fingerprint density at radius 2 is 2.07 bits per heavy atom. The van der Waals surface area contributed by atoms with Crippen LogP contribution >= 0.6 is 11.6 Å². The molecule has 0 aliphatic rings. The first kappa shape index (κ1) is 11.2. The Balaban J connectivity index is 2.51. The Morgan fingerprint density at radius 1 is 1.43 bits per heavy atom. The second-order valence-corrected chi connectivity index (χ2v) is 3.66. The van der Waals surface area contributed by atoms with Crippen LogP contribution in [0.2, 0.25) is 0 Å². The van der Waals surface area contributed by atoms with E-state index in [1.165, 1.54) is 0 Å². The summed E-state index contributed by atoms with van der Waals surface area (Å²) < 4.78 is 4.86. The SMILES string of the molecule is COCC(Cl)CC(=O)c1ccccc1. The fraction of sp³-hybridized carbons (Fsp3) is 0.364. The molecule has 0 aliphatic carbocycles. The number of Topliss-reactive ketones (excluding diaryl/α,β-unsaturated/α-hetero) is 1. The number of hydrogen-bond acceptors (Lipinski definition) is 2. The van der Waals surface area contributed by atoms with Gasteiger partial charge in [-0.1, -0.05) is 30.3 Å². The first-order chi connectivity index (χ1) is 6.74. The van der Waals surface area contributed by atoms with E-state index in [1.54, 1.807) is 19.2 Å². The van der Waals surface area contributed by atoms with Gasteiger partial charge in [0.05, 0.1) is 12.0 Å². The number of ether oxygens (including phenoxy) is 1. The van der Waals surface area contributed by atoms with Gasteiger partial charge in [-0.25, -0.2) is 0 Å². The lowest BCUT2D eigenvalue weighted by Crippen LogP contribution is -2.13. The van der Waals surface area contributed by atoms with Crippen molar-refractivity contribution < 1.29 is 9.53 Å². The molecule has 1 aromatic rings. The van der Waals surface area contributed by atoms with Gasteiger partial charge in [0.2, 0.25) is 0 Å². The van der Waals surface area contributed by atoms with Crippen LogP contribution in [-0.4, -0.2) is 24.9 Å². The van der Waals surface area contributed by atoms with Crippen LogP contribution in [0.25, 0.3) is 0 Å². The van der Waals surface area contributed by atoms with E-state index in [2.05, 4.69) is 0 Å². The molecule has 1 rings (SSSR count). The molecule has 0 amide bonds. The van der Waals surface area contributed by atoms with Crippen molar-refractivity contribution in [3.05, 3.63) is 35.9 Å². The van der Waals surface area contributed by atoms with Gasteiger partial charge in [-0.2, -0.15) is 0 Å². The number of alkyl halides is 1. The van der Waals surface area contributed by atoms with Crippen LogP contribution in [0.4, 0.5) is 0 Å². The van der Waals surface area contributed by atoms with Gasteiger partial charge in [-0.05, 0) is 0 Å². The van der Waals surface area contributed by atoms with Crippen molar-refractivity contribution in [3.8, 4) is 0 Å². The summed E-state index contributed by atoms with van der Waals surface area (Å²) in [5.41, 5.74) is 0.703. The van der Waals surface area contributed by atoms with Gasteiger partial charge in [0.25, 0.3) is 0 Å². The van der Waals surface area contributed by atoms with Crippen molar-refractivity contribution in [3.63, 3.8) is 0 Å². The third-order valence-corrected chi connectivity index (χ3v) is 2.13. The molecule has 1 unspecified atom stereocenters. The van der Waals surface area contributed by atoms with Crippen molar-refractivity contribution in [2.75, 3.05) is 13.7 Å². The Bertz CT molecular complexity index is 285. The average molecular weight is 213 g/mol. The molecule has 0 heterocycles. The molecule has 0 saturated heterocycles. The fourth-order valence-corrected chi connectivity index (χ4v) is 1.45. The highest BCUT2D eigenvalue weighted by atomic mass is 35.5. The number of methoxy groups -OCH3 is 1. The number of carbonyl (C=O) groups is 1. The maximum absolute atomic E-state index is 11.6. The van der Waals surface area contributed by atoms with Crippen molar-refractivity contribution in [1.82, 2.24) is 0 Å². The highest BCUT2D eigenvalue weighted by molar-refractivity contribution is 6.22. The van der Waals surface area contributed by atoms with Crippen LogP contribution in [0.1, 0.15) is 16.8 Å². The zero-order chi connectivity index (χ0) is 10.4. The number of halogens is 1. The van der Waals surface area contributed by atoms with Crippen LogP contribution in [0, 0.1) is 0 Å². The smallest absolute Gasteiger partial charge is 0.164 e. The Morgan fingerprint density at radius 3 is 2.64 bits per heavy atom. The molecule has 14 heavy (non-hydrogen) atoms. The molecule has 0 aromatic heterocycles. The first-order valence-corrected chi connectivity index (χ1v) is 4.89. The van der Waals surface area contributed by atoms with Crippen molar-refractivity contribution in [2.24, 2.45) is 0 Å². The largest absolute Gasteiger partial charge is 0.383 e. The minimum absolute atomic E-state index is 0.0580. The second-order valence-electron chi connectivity index (χ2n) is 3.05. The number of carbonyl (C=O) groups excluding carboxylic acids is 1. The third-order valence-electron chi connectivity index (χ3n) is 1.85. The van der Waals surface area contributed by atoms with Gasteiger partial charge < -0.3 is 4.74 Å². The standard InChI is InChI=1S/C11H13ClO2/c1-14-8-10(12)7-11(13)9-5-3-2-4-6-9/h2-6,10H,7-8H2,1H3. The van der Waals surface area contributed by atoms with E-state index < -0.39 is 0 Å². The van der Waals surface area contributed by atoms with E-state index in [1.807, 2.05) is 18.2 Å². The topological polar surface area (TPSA) is 26.3 Å². The molecule has 1 atom stereocenters. The second kappa shape index (κ2) is 5.78. The lowest BCUT2D eigenvalue weighted by Gasteiger charge is -2.06. The number of hydrogen-bond donors (Lipinski definition) is 0. The molecule has 0 fully saturated rings. The maximum atomic E-state index is 11.6. The first-order valence-electron chi connectivity index (χ1n) is 4.45. The molecule has 2 nitrogen and oxygen atoms in total. The molecular formula is C11H13ClO2. The zero-order valence-corrected chi connectivity index (χ0v) is 8.83. The molecule has 0 bridgehead atoms. The summed E-state index contributed by atoms with van der Waals surface area (Å²) in [6.45, 7) is 0.403. The lowest BCUT2D eigenvalue weighted by atomic mass is 10.1. The highest BCUT2D eigenvalue weighted by Gasteiger charge is 2.11. The van der Waals surface area contributed by atoms with Gasteiger partial charge in [0, 0.05) is 19.1 Å². The van der Waals surface area contributed by atoms with Gasteiger partial charge in [0.15, 0.2) is 5.78 Å². The van der Waals surface area contributed by atoms with Crippen LogP contribution in [0.3, 0.4) is 0 Å². The third kappa shape index (κ3) is 3.48. The molecule has 0 aliphatic heterocycles. The normalized spacial score (nSPS) is 12.4. The number of benzene rings is 1. The van der Waals surface area contributed by atoms with Gasteiger partial charge in [-0.3, -0.25) is 4.79 Å². The summed E-state index contributed by atoms with van der Waals surface area (Å²) in [5.74, 6) is 0.0580. The summed E-state index contributed by atoms with van der Waals surface area (Å²) in [6.07, 6.45) is 0.319. The Labute approximate surface area is 88.8 Å². The Kier molecular flexibility index (Phi) is 4.63. The molecule has 0 N–H and O–H groups in total. The summed E-state index contributed by atoms with van der Waals surface area (Å²) in [6, 6.07) is 9.14. The molecule has 76 valence electrons. The van der Waals surface area contributed by atoms with E-state index in [0.29, 0.717) is 18.6 Å². The fourth-order valence-electron chi connectivity index (χ4n) is 1.18. The van der Waals surface area contributed by atoms with Crippen molar-refractivity contribution in [1.29, 1.82) is 0 Å². The minimum Gasteiger partial charge on any atom is -0.383 e. The zero-order valence-electron chi connectivity index (χ0n) is 8.07. The Hall–Kier alpha value is -0.860. The molecule has 0 radical (unpaired) electrons. The molecule has 1 aromatic carbocycles. The van der Waals surface area contributed by atoms with Crippen molar-refractivity contribution >= 4 is 17.4 Å².